The summed E-state index contributed by atoms with van der Waals surface area (Å²) in [5.74, 6) is 0.749. The summed E-state index contributed by atoms with van der Waals surface area (Å²) in [4.78, 5) is 4.77. The summed E-state index contributed by atoms with van der Waals surface area (Å²) < 4.78 is 0. The zero-order valence-electron chi connectivity index (χ0n) is 17.2. The Morgan fingerprint density at radius 1 is 0.889 bits per heavy atom. The van der Waals surface area contributed by atoms with Gasteiger partial charge >= 0.3 is 0 Å². The first-order chi connectivity index (χ1) is 13.2. The third-order valence-corrected chi connectivity index (χ3v) is 5.83. The molecule has 0 aliphatic rings. The molecule has 146 valence electrons. The number of hydrogen-bond donors (Lipinski definition) is 0. The van der Waals surface area contributed by atoms with Crippen LogP contribution in [0.3, 0.4) is 0 Å². The van der Waals surface area contributed by atoms with Crippen LogP contribution in [-0.2, 0) is 11.8 Å². The van der Waals surface area contributed by atoms with Crippen molar-refractivity contribution in [3.8, 4) is 0 Å². The molecule has 1 nitrogen and oxygen atoms in total. The van der Waals surface area contributed by atoms with Gasteiger partial charge in [0.15, 0.2) is 0 Å². The summed E-state index contributed by atoms with van der Waals surface area (Å²) in [6, 6.07) is 20.2. The molecule has 0 aromatic heterocycles. The van der Waals surface area contributed by atoms with E-state index in [0.717, 1.165) is 38.0 Å². The van der Waals surface area contributed by atoms with E-state index in [0.29, 0.717) is 0 Å². The van der Waals surface area contributed by atoms with E-state index in [1.54, 1.807) is 0 Å². The van der Waals surface area contributed by atoms with Gasteiger partial charge in [-0.2, -0.15) is 0 Å². The number of aliphatic imine (C=N–C) groups is 1. The van der Waals surface area contributed by atoms with Crippen molar-refractivity contribution in [1.82, 2.24) is 0 Å². The quantitative estimate of drug-likeness (QED) is 0.221. The smallest absolute Gasteiger partial charge is 0.0579 e. The van der Waals surface area contributed by atoms with E-state index in [2.05, 4.69) is 68.4 Å². The number of unbranched alkanes of at least 4 members (excludes halogenated alkanes) is 2. The minimum Gasteiger partial charge on any atom is -0.296 e. The van der Waals surface area contributed by atoms with Crippen LogP contribution in [-0.4, -0.2) is 18.6 Å². The molecule has 2 aromatic carbocycles. The van der Waals surface area contributed by atoms with Gasteiger partial charge in [-0.15, -0.1) is 11.6 Å². The number of hydrogen-bond acceptors (Lipinski definition) is 1. The zero-order valence-corrected chi connectivity index (χ0v) is 17.9. The van der Waals surface area contributed by atoms with Gasteiger partial charge < -0.3 is 0 Å². The molecular weight excluding hydrogens is 350 g/mol. The largest absolute Gasteiger partial charge is 0.296 e. The predicted octanol–water partition coefficient (Wildman–Crippen LogP) is 7.21. The zero-order chi connectivity index (χ0) is 19.5. The van der Waals surface area contributed by atoms with Crippen molar-refractivity contribution in [3.63, 3.8) is 0 Å². The van der Waals surface area contributed by atoms with Crippen LogP contribution >= 0.6 is 11.6 Å². The normalized spacial score (nSPS) is 14.1. The number of halogens is 1. The molecule has 0 radical (unpaired) electrons. The van der Waals surface area contributed by atoms with Crippen LogP contribution in [0.5, 0.6) is 0 Å². The highest BCUT2D eigenvalue weighted by Crippen LogP contribution is 2.40. The summed E-state index contributed by atoms with van der Waals surface area (Å²) in [5, 5.41) is 0. The van der Waals surface area contributed by atoms with Crippen molar-refractivity contribution in [2.75, 3.05) is 12.9 Å². The van der Waals surface area contributed by atoms with Crippen LogP contribution in [0.4, 0.5) is 0 Å². The molecule has 0 saturated heterocycles. The fourth-order valence-electron chi connectivity index (χ4n) is 4.13. The van der Waals surface area contributed by atoms with Gasteiger partial charge in [0, 0.05) is 18.6 Å². The van der Waals surface area contributed by atoms with Crippen molar-refractivity contribution in [2.45, 2.75) is 64.2 Å². The Hall–Kier alpha value is -1.60. The third-order valence-electron chi connectivity index (χ3n) is 5.57. The Labute approximate surface area is 170 Å². The molecule has 0 aliphatic heterocycles. The molecule has 0 spiro atoms. The van der Waals surface area contributed by atoms with E-state index in [1.807, 2.05) is 7.05 Å². The highest BCUT2D eigenvalue weighted by atomic mass is 35.5. The molecule has 0 saturated carbocycles. The Balaban J connectivity index is 2.50. The minimum atomic E-state index is -0.130. The molecule has 27 heavy (non-hydrogen) atoms. The lowest BCUT2D eigenvalue weighted by atomic mass is 9.67. The van der Waals surface area contributed by atoms with Crippen LogP contribution in [0, 0.1) is 0 Å². The van der Waals surface area contributed by atoms with E-state index in [4.69, 9.17) is 16.6 Å². The van der Waals surface area contributed by atoms with Gasteiger partial charge in [0.2, 0.25) is 0 Å². The lowest BCUT2D eigenvalue weighted by molar-refractivity contribution is 0.566. The lowest BCUT2D eigenvalue weighted by Crippen LogP contribution is -2.37. The van der Waals surface area contributed by atoms with Crippen LogP contribution < -0.4 is 0 Å². The third kappa shape index (κ3) is 5.23. The first-order valence-electron chi connectivity index (χ1n) is 10.4. The molecule has 2 heteroatoms. The maximum atomic E-state index is 5.82. The lowest BCUT2D eigenvalue weighted by Gasteiger charge is -2.37. The van der Waals surface area contributed by atoms with Crippen molar-refractivity contribution in [1.29, 1.82) is 0 Å². The van der Waals surface area contributed by atoms with Crippen molar-refractivity contribution in [3.05, 3.63) is 71.3 Å². The van der Waals surface area contributed by atoms with Crippen molar-refractivity contribution >= 4 is 17.3 Å². The fraction of sp³-hybridized carbons (Fsp3) is 0.480. The molecule has 1 unspecified atom stereocenters. The van der Waals surface area contributed by atoms with Gasteiger partial charge in [-0.3, -0.25) is 4.99 Å². The summed E-state index contributed by atoms with van der Waals surface area (Å²) in [6.07, 6.45) is 7.77. The average molecular weight is 384 g/mol. The number of alkyl halides is 1. The fourth-order valence-corrected chi connectivity index (χ4v) is 4.32. The second-order valence-corrected chi connectivity index (χ2v) is 7.62. The molecule has 0 N–H and O–H groups in total. The Morgan fingerprint density at radius 3 is 2.11 bits per heavy atom. The second kappa shape index (κ2) is 11.3. The number of rotatable bonds is 11. The Kier molecular flexibility index (Phi) is 9.07. The van der Waals surface area contributed by atoms with Crippen molar-refractivity contribution < 1.29 is 0 Å². The van der Waals surface area contributed by atoms with Gasteiger partial charge in [-0.1, -0.05) is 81.3 Å². The summed E-state index contributed by atoms with van der Waals surface area (Å²) in [5.41, 5.74) is 5.27. The molecule has 0 heterocycles. The van der Waals surface area contributed by atoms with Crippen LogP contribution in [0.1, 0.15) is 69.1 Å². The summed E-state index contributed by atoms with van der Waals surface area (Å²) in [7, 11) is 1.95. The monoisotopic (exact) mass is 383 g/mol. The standard InChI is InChI=1S/C25H34ClN/c1-4-6-19-25(24(5-2)27-3,22-13-8-7-9-14-22)23-17-15-21(16-18-23)12-10-11-20-26/h7-9,13-18H,4-6,10-12,19-20H2,1-3H3. The van der Waals surface area contributed by atoms with E-state index >= 15 is 0 Å². The van der Waals surface area contributed by atoms with E-state index < -0.39 is 0 Å². The van der Waals surface area contributed by atoms with Crippen LogP contribution in [0.15, 0.2) is 59.6 Å². The van der Waals surface area contributed by atoms with E-state index in [-0.39, 0.29) is 5.41 Å². The summed E-state index contributed by atoms with van der Waals surface area (Å²) in [6.45, 7) is 4.50. The number of benzene rings is 2. The first-order valence-corrected chi connectivity index (χ1v) is 10.9. The molecule has 1 atom stereocenters. The Bertz CT molecular complexity index is 690. The SMILES string of the molecule is CCCCC(C(CC)=NC)(c1ccccc1)c1ccc(CCCCCl)cc1. The molecule has 0 fully saturated rings. The molecule has 0 aliphatic carbocycles. The first kappa shape index (κ1) is 21.7. The highest BCUT2D eigenvalue weighted by Gasteiger charge is 2.37. The molecule has 0 amide bonds. The van der Waals surface area contributed by atoms with E-state index in [1.165, 1.54) is 35.2 Å². The Morgan fingerprint density at radius 2 is 1.56 bits per heavy atom. The van der Waals surface area contributed by atoms with Gasteiger partial charge in [-0.25, -0.2) is 0 Å². The molecule has 0 bridgehead atoms. The van der Waals surface area contributed by atoms with Gasteiger partial charge in [-0.05, 0) is 48.8 Å². The second-order valence-electron chi connectivity index (χ2n) is 7.24. The van der Waals surface area contributed by atoms with Crippen molar-refractivity contribution in [2.24, 2.45) is 4.99 Å². The number of aryl methyl sites for hydroxylation is 1. The predicted molar refractivity (Wildman–Crippen MR) is 120 cm³/mol. The maximum Gasteiger partial charge on any atom is 0.0579 e. The molecular formula is C25H34ClN. The molecule has 2 aromatic rings. The van der Waals surface area contributed by atoms with Crippen LogP contribution in [0.2, 0.25) is 0 Å². The van der Waals surface area contributed by atoms with Gasteiger partial charge in [0.05, 0.1) is 5.41 Å². The number of nitrogens with zero attached hydrogens (tertiary/aromatic N) is 1. The van der Waals surface area contributed by atoms with E-state index in [9.17, 15) is 0 Å². The van der Waals surface area contributed by atoms with Crippen LogP contribution in [0.25, 0.3) is 0 Å². The topological polar surface area (TPSA) is 12.4 Å². The highest BCUT2D eigenvalue weighted by molar-refractivity contribution is 6.17. The average Bonchev–Trinajstić information content (AvgIpc) is 2.73. The van der Waals surface area contributed by atoms with Gasteiger partial charge in [0.1, 0.15) is 0 Å². The minimum absolute atomic E-state index is 0.130. The van der Waals surface area contributed by atoms with Gasteiger partial charge in [0.25, 0.3) is 0 Å². The molecule has 2 rings (SSSR count). The maximum absolute atomic E-state index is 5.82. The summed E-state index contributed by atoms with van der Waals surface area (Å²) >= 11 is 5.82.